The molecule has 0 bridgehead atoms. The van der Waals surface area contributed by atoms with E-state index in [1.807, 2.05) is 13.8 Å². The molecule has 28 heavy (non-hydrogen) atoms. The summed E-state index contributed by atoms with van der Waals surface area (Å²) in [6.07, 6.45) is 0. The standard InChI is InChI=1S/C20H27N5O3/c1-4-28-20(27)16-7-5-6-8-17(16)21-18(26)13-24-9-11-25(12-10-24)19-14(2)22-23-15(19)3/h5-8H,4,9-13H2,1-3H3,(H,21,26)(H,22,23). The highest BCUT2D eigenvalue weighted by Crippen LogP contribution is 2.23. The summed E-state index contributed by atoms with van der Waals surface area (Å²) in [5, 5.41) is 10.1. The van der Waals surface area contributed by atoms with Crippen molar-refractivity contribution in [3.63, 3.8) is 0 Å². The fourth-order valence-corrected chi connectivity index (χ4v) is 3.51. The van der Waals surface area contributed by atoms with Gasteiger partial charge in [-0.25, -0.2) is 4.79 Å². The zero-order chi connectivity index (χ0) is 20.1. The Labute approximate surface area is 164 Å². The van der Waals surface area contributed by atoms with Crippen molar-refractivity contribution in [2.24, 2.45) is 0 Å². The van der Waals surface area contributed by atoms with Crippen LogP contribution in [0, 0.1) is 13.8 Å². The van der Waals surface area contributed by atoms with Crippen molar-refractivity contribution in [1.29, 1.82) is 0 Å². The number of amides is 1. The first-order valence-electron chi connectivity index (χ1n) is 9.54. The number of hydrogen-bond donors (Lipinski definition) is 2. The summed E-state index contributed by atoms with van der Waals surface area (Å²) in [6, 6.07) is 6.90. The summed E-state index contributed by atoms with van der Waals surface area (Å²) in [4.78, 5) is 29.0. The second kappa shape index (κ2) is 8.88. The Balaban J connectivity index is 1.55. The average molecular weight is 385 g/mol. The van der Waals surface area contributed by atoms with Crippen LogP contribution in [-0.2, 0) is 9.53 Å². The van der Waals surface area contributed by atoms with E-state index in [4.69, 9.17) is 4.74 Å². The van der Waals surface area contributed by atoms with Crippen LogP contribution in [0.4, 0.5) is 11.4 Å². The number of nitrogens with one attached hydrogen (secondary N) is 2. The number of H-pyrrole nitrogens is 1. The number of rotatable bonds is 6. The molecule has 0 aliphatic carbocycles. The summed E-state index contributed by atoms with van der Waals surface area (Å²) in [5.41, 5.74) is 4.08. The Bertz CT molecular complexity index is 821. The zero-order valence-electron chi connectivity index (χ0n) is 16.6. The fourth-order valence-electron chi connectivity index (χ4n) is 3.51. The molecule has 0 radical (unpaired) electrons. The molecule has 1 amide bonds. The molecule has 0 saturated carbocycles. The minimum absolute atomic E-state index is 0.138. The molecule has 8 heteroatoms. The quantitative estimate of drug-likeness (QED) is 0.739. The molecule has 8 nitrogen and oxygen atoms in total. The number of hydrogen-bond acceptors (Lipinski definition) is 6. The van der Waals surface area contributed by atoms with Crippen LogP contribution in [0.5, 0.6) is 0 Å². The Morgan fingerprint density at radius 1 is 1.18 bits per heavy atom. The maximum absolute atomic E-state index is 12.5. The molecule has 2 N–H and O–H groups in total. The van der Waals surface area contributed by atoms with Gasteiger partial charge in [0.15, 0.2) is 0 Å². The monoisotopic (exact) mass is 385 g/mol. The van der Waals surface area contributed by atoms with Gasteiger partial charge < -0.3 is 15.0 Å². The van der Waals surface area contributed by atoms with Crippen LogP contribution in [0.15, 0.2) is 24.3 Å². The van der Waals surface area contributed by atoms with Crippen LogP contribution in [0.1, 0.15) is 28.7 Å². The lowest BCUT2D eigenvalue weighted by molar-refractivity contribution is -0.117. The van der Waals surface area contributed by atoms with Gasteiger partial charge in [-0.3, -0.25) is 14.8 Å². The summed E-state index contributed by atoms with van der Waals surface area (Å²) in [6.45, 7) is 9.62. The van der Waals surface area contributed by atoms with Crippen molar-refractivity contribution in [1.82, 2.24) is 15.1 Å². The molecule has 1 saturated heterocycles. The molecule has 0 spiro atoms. The zero-order valence-corrected chi connectivity index (χ0v) is 16.6. The lowest BCUT2D eigenvalue weighted by Gasteiger charge is -2.35. The van der Waals surface area contributed by atoms with Crippen LogP contribution in [0.25, 0.3) is 0 Å². The predicted molar refractivity (Wildman–Crippen MR) is 108 cm³/mol. The van der Waals surface area contributed by atoms with Crippen molar-refractivity contribution >= 4 is 23.3 Å². The minimum Gasteiger partial charge on any atom is -0.462 e. The first kappa shape index (κ1) is 19.9. The molecule has 150 valence electrons. The van der Waals surface area contributed by atoms with E-state index in [1.165, 1.54) is 0 Å². The minimum atomic E-state index is -0.433. The maximum Gasteiger partial charge on any atom is 0.340 e. The number of aryl methyl sites for hydroxylation is 2. The lowest BCUT2D eigenvalue weighted by atomic mass is 10.1. The predicted octanol–water partition coefficient (Wildman–Crippen LogP) is 1.96. The molecule has 1 aliphatic rings. The molecule has 2 aromatic rings. The molecule has 0 unspecified atom stereocenters. The molecule has 1 aromatic heterocycles. The first-order valence-corrected chi connectivity index (χ1v) is 9.54. The van der Waals surface area contributed by atoms with Gasteiger partial charge in [-0.05, 0) is 32.9 Å². The van der Waals surface area contributed by atoms with Crippen molar-refractivity contribution in [3.05, 3.63) is 41.2 Å². The van der Waals surface area contributed by atoms with Crippen molar-refractivity contribution in [2.45, 2.75) is 20.8 Å². The smallest absolute Gasteiger partial charge is 0.340 e. The number of para-hydroxylation sites is 1. The Morgan fingerprint density at radius 3 is 2.54 bits per heavy atom. The van der Waals surface area contributed by atoms with E-state index >= 15 is 0 Å². The third-order valence-electron chi connectivity index (χ3n) is 4.84. The van der Waals surface area contributed by atoms with Crippen molar-refractivity contribution in [3.8, 4) is 0 Å². The summed E-state index contributed by atoms with van der Waals surface area (Å²) < 4.78 is 5.05. The van der Waals surface area contributed by atoms with Gasteiger partial charge in [0.05, 0.1) is 41.5 Å². The van der Waals surface area contributed by atoms with Crippen molar-refractivity contribution in [2.75, 3.05) is 49.5 Å². The van der Waals surface area contributed by atoms with E-state index in [0.717, 1.165) is 43.3 Å². The number of anilines is 2. The number of carbonyl (C=O) groups is 2. The number of aromatic nitrogens is 2. The van der Waals surface area contributed by atoms with Crippen LogP contribution >= 0.6 is 0 Å². The molecule has 1 aliphatic heterocycles. The molecule has 2 heterocycles. The normalized spacial score (nSPS) is 14.8. The molecular weight excluding hydrogens is 358 g/mol. The van der Waals surface area contributed by atoms with Gasteiger partial charge in [0.25, 0.3) is 0 Å². The van der Waals surface area contributed by atoms with Crippen molar-refractivity contribution < 1.29 is 14.3 Å². The summed E-state index contributed by atoms with van der Waals surface area (Å²) in [7, 11) is 0. The van der Waals surface area contributed by atoms with Gasteiger partial charge in [-0.1, -0.05) is 12.1 Å². The van der Waals surface area contributed by atoms with Crippen LogP contribution < -0.4 is 10.2 Å². The third-order valence-corrected chi connectivity index (χ3v) is 4.84. The average Bonchev–Trinajstić information content (AvgIpc) is 3.01. The van der Waals surface area contributed by atoms with Gasteiger partial charge in [0, 0.05) is 26.2 Å². The maximum atomic E-state index is 12.5. The van der Waals surface area contributed by atoms with Gasteiger partial charge in [0.2, 0.25) is 5.91 Å². The Hall–Kier alpha value is -2.87. The summed E-state index contributed by atoms with van der Waals surface area (Å²) >= 11 is 0. The topological polar surface area (TPSA) is 90.6 Å². The molecule has 1 aromatic carbocycles. The Kier molecular flexibility index (Phi) is 6.30. The number of esters is 1. The van der Waals surface area contributed by atoms with E-state index in [-0.39, 0.29) is 12.5 Å². The van der Waals surface area contributed by atoms with Crippen LogP contribution in [0.3, 0.4) is 0 Å². The van der Waals surface area contributed by atoms with Gasteiger partial charge in [-0.2, -0.15) is 5.10 Å². The first-order chi connectivity index (χ1) is 13.5. The molecule has 3 rings (SSSR count). The molecule has 0 atom stereocenters. The molecule has 1 fully saturated rings. The largest absolute Gasteiger partial charge is 0.462 e. The third kappa shape index (κ3) is 4.51. The number of carbonyl (C=O) groups excluding carboxylic acids is 2. The fraction of sp³-hybridized carbons (Fsp3) is 0.450. The number of benzene rings is 1. The number of piperazine rings is 1. The second-order valence-corrected chi connectivity index (χ2v) is 6.86. The number of ether oxygens (including phenoxy) is 1. The highest BCUT2D eigenvalue weighted by molar-refractivity contribution is 6.01. The lowest BCUT2D eigenvalue weighted by Crippen LogP contribution is -2.49. The highest BCUT2D eigenvalue weighted by atomic mass is 16.5. The van der Waals surface area contributed by atoms with Crippen LogP contribution in [-0.4, -0.2) is 66.3 Å². The number of nitrogens with zero attached hydrogens (tertiary/aromatic N) is 3. The van der Waals surface area contributed by atoms with E-state index in [2.05, 4.69) is 25.3 Å². The van der Waals surface area contributed by atoms with Gasteiger partial charge in [-0.15, -0.1) is 0 Å². The Morgan fingerprint density at radius 2 is 1.89 bits per heavy atom. The highest BCUT2D eigenvalue weighted by Gasteiger charge is 2.23. The van der Waals surface area contributed by atoms with Gasteiger partial charge >= 0.3 is 5.97 Å². The van der Waals surface area contributed by atoms with E-state index in [1.54, 1.807) is 31.2 Å². The molecular formula is C20H27N5O3. The SMILES string of the molecule is CCOC(=O)c1ccccc1NC(=O)CN1CCN(c2c(C)n[nH]c2C)CC1. The van der Waals surface area contributed by atoms with Crippen LogP contribution in [0.2, 0.25) is 0 Å². The van der Waals surface area contributed by atoms with E-state index < -0.39 is 5.97 Å². The van der Waals surface area contributed by atoms with Gasteiger partial charge in [0.1, 0.15) is 0 Å². The number of aromatic amines is 1. The summed E-state index contributed by atoms with van der Waals surface area (Å²) in [5.74, 6) is -0.571. The van der Waals surface area contributed by atoms with E-state index in [9.17, 15) is 9.59 Å². The second-order valence-electron chi connectivity index (χ2n) is 6.86. The van der Waals surface area contributed by atoms with E-state index in [0.29, 0.717) is 17.9 Å².